The van der Waals surface area contributed by atoms with Crippen molar-refractivity contribution in [2.45, 2.75) is 43.8 Å². The topological polar surface area (TPSA) is 44.4 Å². The van der Waals surface area contributed by atoms with Crippen molar-refractivity contribution in [1.29, 1.82) is 0 Å². The van der Waals surface area contributed by atoms with Crippen LogP contribution in [0.4, 0.5) is 10.5 Å². The molecule has 0 aliphatic carbocycles. The van der Waals surface area contributed by atoms with E-state index in [-0.39, 0.29) is 12.1 Å². The van der Waals surface area contributed by atoms with E-state index in [9.17, 15) is 4.79 Å². The van der Waals surface area contributed by atoms with Gasteiger partial charge in [-0.05, 0) is 43.9 Å². The SMILES string of the molecule is CN(C(=O)Nc1cc(Cl)ccc1Cl)C1CC2CCC(C1)N2. The van der Waals surface area contributed by atoms with Gasteiger partial charge in [0.25, 0.3) is 0 Å². The first-order chi connectivity index (χ1) is 10.0. The smallest absolute Gasteiger partial charge is 0.321 e. The molecule has 2 amide bonds. The minimum atomic E-state index is -0.134. The average Bonchev–Trinajstić information content (AvgIpc) is 2.80. The number of nitrogens with zero attached hydrogens (tertiary/aromatic N) is 1. The zero-order valence-electron chi connectivity index (χ0n) is 11.9. The van der Waals surface area contributed by atoms with Gasteiger partial charge < -0.3 is 15.5 Å². The standard InChI is InChI=1S/C15H19Cl2N3O/c1-20(12-7-10-3-4-11(8-12)18-10)15(21)19-14-6-9(16)2-5-13(14)17/h2,5-6,10-12,18H,3-4,7-8H2,1H3,(H,19,21). The molecule has 0 radical (unpaired) electrons. The third kappa shape index (κ3) is 3.28. The third-order valence-electron chi connectivity index (χ3n) is 4.49. The fourth-order valence-corrected chi connectivity index (χ4v) is 3.64. The molecule has 2 heterocycles. The number of hydrogen-bond donors (Lipinski definition) is 2. The van der Waals surface area contributed by atoms with Gasteiger partial charge in [0.05, 0.1) is 10.7 Å². The first kappa shape index (κ1) is 14.9. The van der Waals surface area contributed by atoms with Gasteiger partial charge in [0.2, 0.25) is 0 Å². The van der Waals surface area contributed by atoms with Crippen LogP contribution in [-0.4, -0.2) is 36.1 Å². The molecule has 2 bridgehead atoms. The molecule has 3 rings (SSSR count). The van der Waals surface area contributed by atoms with Gasteiger partial charge >= 0.3 is 6.03 Å². The van der Waals surface area contributed by atoms with Crippen molar-refractivity contribution in [3.63, 3.8) is 0 Å². The summed E-state index contributed by atoms with van der Waals surface area (Å²) in [5.74, 6) is 0. The molecular formula is C15H19Cl2N3O. The van der Waals surface area contributed by atoms with E-state index < -0.39 is 0 Å². The van der Waals surface area contributed by atoms with E-state index in [0.717, 1.165) is 12.8 Å². The van der Waals surface area contributed by atoms with Crippen LogP contribution >= 0.6 is 23.2 Å². The highest BCUT2D eigenvalue weighted by molar-refractivity contribution is 6.35. The lowest BCUT2D eigenvalue weighted by atomic mass is 9.99. The Kier molecular flexibility index (Phi) is 4.29. The molecule has 0 aromatic heterocycles. The molecule has 0 saturated carbocycles. The molecule has 2 aliphatic rings. The highest BCUT2D eigenvalue weighted by atomic mass is 35.5. The minimum Gasteiger partial charge on any atom is -0.324 e. The summed E-state index contributed by atoms with van der Waals surface area (Å²) in [6.45, 7) is 0. The summed E-state index contributed by atoms with van der Waals surface area (Å²) in [7, 11) is 1.85. The number of benzene rings is 1. The molecule has 2 fully saturated rings. The maximum Gasteiger partial charge on any atom is 0.321 e. The monoisotopic (exact) mass is 327 g/mol. The summed E-state index contributed by atoms with van der Waals surface area (Å²) in [5.41, 5.74) is 0.554. The quantitative estimate of drug-likeness (QED) is 0.869. The predicted octanol–water partition coefficient (Wildman–Crippen LogP) is 3.74. The number of piperidine rings is 1. The Morgan fingerprint density at radius 1 is 1.29 bits per heavy atom. The van der Waals surface area contributed by atoms with E-state index in [2.05, 4.69) is 10.6 Å². The Morgan fingerprint density at radius 2 is 1.95 bits per heavy atom. The highest BCUT2D eigenvalue weighted by Crippen LogP contribution is 2.30. The summed E-state index contributed by atoms with van der Waals surface area (Å²) >= 11 is 12.0. The molecule has 6 heteroatoms. The fraction of sp³-hybridized carbons (Fsp3) is 0.533. The second-order valence-electron chi connectivity index (χ2n) is 5.93. The number of halogens is 2. The van der Waals surface area contributed by atoms with Gasteiger partial charge in [-0.15, -0.1) is 0 Å². The van der Waals surface area contributed by atoms with E-state index in [1.54, 1.807) is 23.1 Å². The van der Waals surface area contributed by atoms with Gasteiger partial charge in [-0.3, -0.25) is 0 Å². The summed E-state index contributed by atoms with van der Waals surface area (Å²) in [6, 6.07) is 6.31. The Morgan fingerprint density at radius 3 is 2.62 bits per heavy atom. The van der Waals surface area contributed by atoms with E-state index in [1.165, 1.54) is 12.8 Å². The second-order valence-corrected chi connectivity index (χ2v) is 6.77. The first-order valence-corrected chi connectivity index (χ1v) is 8.03. The summed E-state index contributed by atoms with van der Waals surface area (Å²) in [4.78, 5) is 14.2. The minimum absolute atomic E-state index is 0.134. The van der Waals surface area contributed by atoms with Crippen LogP contribution in [0.3, 0.4) is 0 Å². The average molecular weight is 328 g/mol. The van der Waals surface area contributed by atoms with Crippen LogP contribution in [0.5, 0.6) is 0 Å². The third-order valence-corrected chi connectivity index (χ3v) is 5.05. The van der Waals surface area contributed by atoms with Crippen molar-refractivity contribution in [3.05, 3.63) is 28.2 Å². The van der Waals surface area contributed by atoms with Crippen LogP contribution in [0.2, 0.25) is 10.0 Å². The van der Waals surface area contributed by atoms with Crippen molar-refractivity contribution in [2.24, 2.45) is 0 Å². The van der Waals surface area contributed by atoms with Crippen LogP contribution in [0.1, 0.15) is 25.7 Å². The molecular weight excluding hydrogens is 309 g/mol. The van der Waals surface area contributed by atoms with Crippen LogP contribution in [-0.2, 0) is 0 Å². The molecule has 114 valence electrons. The van der Waals surface area contributed by atoms with E-state index in [4.69, 9.17) is 23.2 Å². The van der Waals surface area contributed by atoms with Crippen molar-refractivity contribution < 1.29 is 4.79 Å². The molecule has 21 heavy (non-hydrogen) atoms. The Balaban J connectivity index is 1.66. The summed E-state index contributed by atoms with van der Waals surface area (Å²) < 4.78 is 0. The number of nitrogens with one attached hydrogen (secondary N) is 2. The number of amides is 2. The number of anilines is 1. The van der Waals surface area contributed by atoms with Gasteiger partial charge in [0, 0.05) is 30.2 Å². The molecule has 1 aromatic rings. The van der Waals surface area contributed by atoms with Gasteiger partial charge in [0.15, 0.2) is 0 Å². The highest BCUT2D eigenvalue weighted by Gasteiger charge is 2.36. The molecule has 2 unspecified atom stereocenters. The molecule has 2 N–H and O–H groups in total. The lowest BCUT2D eigenvalue weighted by Gasteiger charge is -2.35. The lowest BCUT2D eigenvalue weighted by Crippen LogP contribution is -2.49. The van der Waals surface area contributed by atoms with Gasteiger partial charge in [-0.2, -0.15) is 0 Å². The molecule has 2 aliphatic heterocycles. The fourth-order valence-electron chi connectivity index (χ4n) is 3.31. The lowest BCUT2D eigenvalue weighted by molar-refractivity contribution is 0.176. The van der Waals surface area contributed by atoms with Crippen LogP contribution in [0.25, 0.3) is 0 Å². The molecule has 0 spiro atoms. The Labute approximate surface area is 134 Å². The summed E-state index contributed by atoms with van der Waals surface area (Å²) in [6.07, 6.45) is 4.47. The maximum atomic E-state index is 12.4. The van der Waals surface area contributed by atoms with Crippen molar-refractivity contribution >= 4 is 34.9 Å². The molecule has 1 aromatic carbocycles. The van der Waals surface area contributed by atoms with Crippen molar-refractivity contribution in [3.8, 4) is 0 Å². The van der Waals surface area contributed by atoms with Gasteiger partial charge in [0.1, 0.15) is 0 Å². The van der Waals surface area contributed by atoms with E-state index in [1.807, 2.05) is 7.05 Å². The normalized spacial score (nSPS) is 27.5. The number of carbonyl (C=O) groups excluding carboxylic acids is 1. The van der Waals surface area contributed by atoms with E-state index in [0.29, 0.717) is 27.8 Å². The van der Waals surface area contributed by atoms with Crippen LogP contribution in [0.15, 0.2) is 18.2 Å². The zero-order chi connectivity index (χ0) is 15.0. The number of hydrogen-bond acceptors (Lipinski definition) is 2. The van der Waals surface area contributed by atoms with Crippen molar-refractivity contribution in [2.75, 3.05) is 12.4 Å². The molecule has 4 nitrogen and oxygen atoms in total. The predicted molar refractivity (Wildman–Crippen MR) is 86.2 cm³/mol. The van der Waals surface area contributed by atoms with Crippen LogP contribution < -0.4 is 10.6 Å². The van der Waals surface area contributed by atoms with E-state index >= 15 is 0 Å². The maximum absolute atomic E-state index is 12.4. The Hall–Kier alpha value is -0.970. The second kappa shape index (κ2) is 6.03. The largest absolute Gasteiger partial charge is 0.324 e. The van der Waals surface area contributed by atoms with Gasteiger partial charge in [-0.25, -0.2) is 4.79 Å². The number of rotatable bonds is 2. The first-order valence-electron chi connectivity index (χ1n) is 7.28. The van der Waals surface area contributed by atoms with Crippen LogP contribution in [0, 0.1) is 0 Å². The summed E-state index contributed by atoms with van der Waals surface area (Å²) in [5, 5.41) is 7.48. The van der Waals surface area contributed by atoms with Crippen molar-refractivity contribution in [1.82, 2.24) is 10.2 Å². The zero-order valence-corrected chi connectivity index (χ0v) is 13.4. The number of urea groups is 1. The molecule has 2 saturated heterocycles. The number of fused-ring (bicyclic) bond motifs is 2. The Bertz CT molecular complexity index is 540. The van der Waals surface area contributed by atoms with Gasteiger partial charge in [-0.1, -0.05) is 23.2 Å². The number of carbonyl (C=O) groups is 1. The molecule has 2 atom stereocenters.